The molecule has 0 aromatic carbocycles. The molecule has 0 bridgehead atoms. The second-order valence-electron chi connectivity index (χ2n) is 8.05. The van der Waals surface area contributed by atoms with Gasteiger partial charge >= 0.3 is 0 Å². The molecule has 4 nitrogen and oxygen atoms in total. The van der Waals surface area contributed by atoms with Gasteiger partial charge in [0, 0.05) is 11.8 Å². The summed E-state index contributed by atoms with van der Waals surface area (Å²) in [5, 5.41) is 0. The molecule has 0 unspecified atom stereocenters. The van der Waals surface area contributed by atoms with Crippen molar-refractivity contribution in [1.29, 1.82) is 0 Å². The zero-order valence-corrected chi connectivity index (χ0v) is 15.6. The summed E-state index contributed by atoms with van der Waals surface area (Å²) < 4.78 is 24.0. The second-order valence-corrected chi connectivity index (χ2v) is 8.05. The van der Waals surface area contributed by atoms with Crippen molar-refractivity contribution in [3.63, 3.8) is 0 Å². The van der Waals surface area contributed by atoms with Crippen LogP contribution in [-0.2, 0) is 18.9 Å². The average Bonchev–Trinajstić information content (AvgIpc) is 2.64. The van der Waals surface area contributed by atoms with Gasteiger partial charge in [0.25, 0.3) is 0 Å². The SMILES string of the molecule is CCCC1CCC(C2OCC(C3OCC(CCC)CO3)CO2)CC1. The smallest absolute Gasteiger partial charge is 0.164 e. The summed E-state index contributed by atoms with van der Waals surface area (Å²) in [7, 11) is 0. The van der Waals surface area contributed by atoms with E-state index in [0.717, 1.165) is 19.1 Å². The Bertz CT molecular complexity index is 304. The third-order valence-corrected chi connectivity index (χ3v) is 6.00. The molecule has 0 aromatic heterocycles. The fourth-order valence-corrected chi connectivity index (χ4v) is 4.52. The van der Waals surface area contributed by atoms with Crippen molar-refractivity contribution < 1.29 is 18.9 Å². The van der Waals surface area contributed by atoms with Crippen LogP contribution in [0.2, 0.25) is 0 Å². The second kappa shape index (κ2) is 9.51. The highest BCUT2D eigenvalue weighted by Crippen LogP contribution is 2.36. The molecule has 0 amide bonds. The van der Waals surface area contributed by atoms with E-state index in [9.17, 15) is 0 Å². The normalized spacial score (nSPS) is 41.2. The molecule has 1 saturated carbocycles. The minimum Gasteiger partial charge on any atom is -0.352 e. The summed E-state index contributed by atoms with van der Waals surface area (Å²) in [5.41, 5.74) is 0. The van der Waals surface area contributed by atoms with Crippen LogP contribution in [0.3, 0.4) is 0 Å². The molecule has 3 aliphatic rings. The predicted molar refractivity (Wildman–Crippen MR) is 93.6 cm³/mol. The first-order valence-corrected chi connectivity index (χ1v) is 10.3. The van der Waals surface area contributed by atoms with E-state index in [1.807, 2.05) is 0 Å². The van der Waals surface area contributed by atoms with Gasteiger partial charge in [0.2, 0.25) is 0 Å². The van der Waals surface area contributed by atoms with Gasteiger partial charge in [-0.1, -0.05) is 33.1 Å². The predicted octanol–water partition coefficient (Wildman–Crippen LogP) is 4.37. The van der Waals surface area contributed by atoms with Crippen LogP contribution in [0.15, 0.2) is 0 Å². The van der Waals surface area contributed by atoms with Crippen LogP contribution in [0.25, 0.3) is 0 Å². The molecule has 3 rings (SSSR count). The molecule has 4 heteroatoms. The molecule has 1 aliphatic carbocycles. The highest BCUT2D eigenvalue weighted by molar-refractivity contribution is 4.78. The Kier molecular flexibility index (Phi) is 7.38. The molecule has 0 N–H and O–H groups in total. The van der Waals surface area contributed by atoms with Gasteiger partial charge in [-0.05, 0) is 38.0 Å². The van der Waals surface area contributed by atoms with Crippen molar-refractivity contribution in [2.75, 3.05) is 26.4 Å². The molecule has 2 saturated heterocycles. The largest absolute Gasteiger partial charge is 0.352 e. The molecule has 2 aliphatic heterocycles. The van der Waals surface area contributed by atoms with E-state index in [2.05, 4.69) is 13.8 Å². The lowest BCUT2D eigenvalue weighted by Crippen LogP contribution is -2.46. The first-order chi connectivity index (χ1) is 11.8. The molecule has 3 fully saturated rings. The van der Waals surface area contributed by atoms with Gasteiger partial charge in [-0.15, -0.1) is 0 Å². The quantitative estimate of drug-likeness (QED) is 0.719. The van der Waals surface area contributed by atoms with E-state index in [1.165, 1.54) is 51.4 Å². The lowest BCUT2D eigenvalue weighted by atomic mass is 9.79. The number of hydrogen-bond donors (Lipinski definition) is 0. The van der Waals surface area contributed by atoms with Crippen LogP contribution in [0.5, 0.6) is 0 Å². The summed E-state index contributed by atoms with van der Waals surface area (Å²) in [5.74, 6) is 2.30. The van der Waals surface area contributed by atoms with Crippen LogP contribution >= 0.6 is 0 Å². The van der Waals surface area contributed by atoms with E-state index >= 15 is 0 Å². The Balaban J connectivity index is 1.36. The molecule has 140 valence electrons. The highest BCUT2D eigenvalue weighted by atomic mass is 16.7. The standard InChI is InChI=1S/C20H36O4/c1-3-5-15-7-9-17(10-8-15)19-23-13-18(14-24-19)20-21-11-16(6-4-2)12-22-20/h15-20H,3-14H2,1-2H3. The minimum atomic E-state index is -0.139. The summed E-state index contributed by atoms with van der Waals surface area (Å²) in [6.45, 7) is 7.56. The van der Waals surface area contributed by atoms with Gasteiger partial charge in [-0.3, -0.25) is 0 Å². The van der Waals surface area contributed by atoms with E-state index in [0.29, 0.717) is 25.0 Å². The topological polar surface area (TPSA) is 36.9 Å². The average molecular weight is 341 g/mol. The summed E-state index contributed by atoms with van der Waals surface area (Å²) in [6.07, 6.45) is 10.2. The van der Waals surface area contributed by atoms with Crippen molar-refractivity contribution in [2.24, 2.45) is 23.7 Å². The van der Waals surface area contributed by atoms with Crippen molar-refractivity contribution in [3.05, 3.63) is 0 Å². The van der Waals surface area contributed by atoms with Gasteiger partial charge in [0.1, 0.15) is 0 Å². The van der Waals surface area contributed by atoms with E-state index < -0.39 is 0 Å². The Morgan fingerprint density at radius 1 is 0.583 bits per heavy atom. The van der Waals surface area contributed by atoms with Gasteiger partial charge < -0.3 is 18.9 Å². The van der Waals surface area contributed by atoms with E-state index in [4.69, 9.17) is 18.9 Å². The summed E-state index contributed by atoms with van der Waals surface area (Å²) in [4.78, 5) is 0. The maximum Gasteiger partial charge on any atom is 0.164 e. The lowest BCUT2D eigenvalue weighted by Gasteiger charge is -2.40. The number of rotatable bonds is 6. The van der Waals surface area contributed by atoms with Crippen molar-refractivity contribution >= 4 is 0 Å². The molecular weight excluding hydrogens is 304 g/mol. The van der Waals surface area contributed by atoms with E-state index in [1.54, 1.807) is 0 Å². The van der Waals surface area contributed by atoms with Crippen molar-refractivity contribution in [3.8, 4) is 0 Å². The zero-order valence-electron chi connectivity index (χ0n) is 15.6. The van der Waals surface area contributed by atoms with E-state index in [-0.39, 0.29) is 18.5 Å². The molecule has 0 atom stereocenters. The fraction of sp³-hybridized carbons (Fsp3) is 1.00. The monoisotopic (exact) mass is 340 g/mol. The Hall–Kier alpha value is -0.160. The first-order valence-electron chi connectivity index (χ1n) is 10.3. The Morgan fingerprint density at radius 2 is 1.08 bits per heavy atom. The maximum atomic E-state index is 6.07. The van der Waals surface area contributed by atoms with Crippen LogP contribution in [0, 0.1) is 23.7 Å². The van der Waals surface area contributed by atoms with Crippen LogP contribution < -0.4 is 0 Å². The maximum absolute atomic E-state index is 6.07. The molecule has 0 aromatic rings. The third-order valence-electron chi connectivity index (χ3n) is 6.00. The first kappa shape index (κ1) is 18.6. The Labute approximate surface area is 147 Å². The van der Waals surface area contributed by atoms with Gasteiger partial charge in [-0.25, -0.2) is 0 Å². The van der Waals surface area contributed by atoms with Gasteiger partial charge in [0.15, 0.2) is 12.6 Å². The molecule has 2 heterocycles. The van der Waals surface area contributed by atoms with Crippen molar-refractivity contribution in [2.45, 2.75) is 77.8 Å². The van der Waals surface area contributed by atoms with Gasteiger partial charge in [-0.2, -0.15) is 0 Å². The molecule has 24 heavy (non-hydrogen) atoms. The zero-order chi connectivity index (χ0) is 16.8. The number of hydrogen-bond acceptors (Lipinski definition) is 4. The fourth-order valence-electron chi connectivity index (χ4n) is 4.52. The van der Waals surface area contributed by atoms with Crippen LogP contribution in [0.4, 0.5) is 0 Å². The number of ether oxygens (including phenoxy) is 4. The van der Waals surface area contributed by atoms with Gasteiger partial charge in [0.05, 0.1) is 32.3 Å². The summed E-state index contributed by atoms with van der Waals surface area (Å²) in [6, 6.07) is 0. The molecular formula is C20H36O4. The van der Waals surface area contributed by atoms with Crippen LogP contribution in [0.1, 0.15) is 65.2 Å². The van der Waals surface area contributed by atoms with Crippen molar-refractivity contribution in [1.82, 2.24) is 0 Å². The lowest BCUT2D eigenvalue weighted by molar-refractivity contribution is -0.291. The minimum absolute atomic E-state index is 0.000238. The molecule has 0 spiro atoms. The third kappa shape index (κ3) is 4.94. The summed E-state index contributed by atoms with van der Waals surface area (Å²) >= 11 is 0. The van der Waals surface area contributed by atoms with Crippen LogP contribution in [-0.4, -0.2) is 39.0 Å². The highest BCUT2D eigenvalue weighted by Gasteiger charge is 2.37. The molecule has 0 radical (unpaired) electrons. The Morgan fingerprint density at radius 3 is 1.67 bits per heavy atom.